The van der Waals surface area contributed by atoms with Gasteiger partial charge in [0.2, 0.25) is 0 Å². The third kappa shape index (κ3) is 4.25. The maximum Gasteiger partial charge on any atom is 0.160 e. The van der Waals surface area contributed by atoms with Crippen molar-refractivity contribution >= 4 is 12.0 Å². The molecule has 2 atom stereocenters. The molecule has 0 amide bonds. The Hall–Kier alpha value is -2.10. The summed E-state index contributed by atoms with van der Waals surface area (Å²) in [6.07, 6.45) is 10.7. The molecule has 0 aromatic carbocycles. The van der Waals surface area contributed by atoms with E-state index in [2.05, 4.69) is 43.8 Å². The van der Waals surface area contributed by atoms with Gasteiger partial charge in [0, 0.05) is 37.0 Å². The van der Waals surface area contributed by atoms with Crippen LogP contribution in [0.15, 0.2) is 52.8 Å². The van der Waals surface area contributed by atoms with Crippen molar-refractivity contribution in [1.29, 1.82) is 0 Å². The molecule has 0 aromatic rings. The summed E-state index contributed by atoms with van der Waals surface area (Å²) in [6, 6.07) is 0. The number of hydrogen-bond donors (Lipinski definition) is 1. The number of ketones is 1. The van der Waals surface area contributed by atoms with Gasteiger partial charge in [0.15, 0.2) is 5.78 Å². The summed E-state index contributed by atoms with van der Waals surface area (Å²) in [4.78, 5) is 12.2. The average Bonchev–Trinajstić information content (AvgIpc) is 2.78. The second-order valence-electron chi connectivity index (χ2n) is 6.39. The standard InChI is InChI=1S/C20H31N3O/c1-8-11-16(4)21-13-10-12-18(17(5)24)19(9-2)20(6)15(3)14-22-23(20)7/h9-12,14-15,21H,2,8,13H2,1,3-7H3/b12-10-,16-11+,19-18-. The SMILES string of the molecule is C=C/C(=C(\C=C/CN/C(C)=C/CC)C(C)=O)C1(C)C(C)C=NN1C. The number of nitrogens with zero attached hydrogens (tertiary/aromatic N) is 2. The van der Waals surface area contributed by atoms with Gasteiger partial charge in [0.1, 0.15) is 0 Å². The van der Waals surface area contributed by atoms with Gasteiger partial charge in [-0.25, -0.2) is 0 Å². The van der Waals surface area contributed by atoms with Gasteiger partial charge >= 0.3 is 0 Å². The minimum Gasteiger partial charge on any atom is -0.385 e. The molecule has 0 fully saturated rings. The molecular weight excluding hydrogens is 298 g/mol. The molecule has 0 radical (unpaired) electrons. The minimum atomic E-state index is -0.363. The van der Waals surface area contributed by atoms with E-state index >= 15 is 0 Å². The van der Waals surface area contributed by atoms with Gasteiger partial charge in [-0.15, -0.1) is 0 Å². The quantitative estimate of drug-likeness (QED) is 0.543. The normalized spacial score (nSPS) is 25.2. The number of hydrazone groups is 1. The van der Waals surface area contributed by atoms with E-state index in [1.807, 2.05) is 37.3 Å². The molecule has 1 aliphatic heterocycles. The molecule has 4 heteroatoms. The van der Waals surface area contributed by atoms with Crippen LogP contribution >= 0.6 is 0 Å². The largest absolute Gasteiger partial charge is 0.385 e. The number of nitrogens with one attached hydrogen (secondary N) is 1. The lowest BCUT2D eigenvalue weighted by atomic mass is 9.78. The molecule has 1 N–H and O–H groups in total. The fraction of sp³-hybridized carbons (Fsp3) is 0.500. The predicted octanol–water partition coefficient (Wildman–Crippen LogP) is 3.84. The van der Waals surface area contributed by atoms with Gasteiger partial charge in [-0.1, -0.05) is 44.7 Å². The Morgan fingerprint density at radius 3 is 2.58 bits per heavy atom. The van der Waals surface area contributed by atoms with Crippen molar-refractivity contribution in [2.24, 2.45) is 11.0 Å². The first-order chi connectivity index (χ1) is 11.3. The third-order valence-corrected chi connectivity index (χ3v) is 4.73. The molecule has 0 spiro atoms. The van der Waals surface area contributed by atoms with E-state index in [9.17, 15) is 4.79 Å². The van der Waals surface area contributed by atoms with Crippen LogP contribution in [0.1, 0.15) is 41.0 Å². The third-order valence-electron chi connectivity index (χ3n) is 4.73. The van der Waals surface area contributed by atoms with Crippen LogP contribution in [0.25, 0.3) is 0 Å². The number of carbonyl (C=O) groups excluding carboxylic acids is 1. The molecule has 0 aliphatic carbocycles. The van der Waals surface area contributed by atoms with Crippen LogP contribution in [0.4, 0.5) is 0 Å². The molecule has 0 aromatic heterocycles. The summed E-state index contributed by atoms with van der Waals surface area (Å²) in [6.45, 7) is 14.6. The number of rotatable bonds is 8. The Morgan fingerprint density at radius 1 is 1.46 bits per heavy atom. The molecule has 1 heterocycles. The van der Waals surface area contributed by atoms with Crippen molar-refractivity contribution in [2.75, 3.05) is 13.6 Å². The average molecular weight is 329 g/mol. The Bertz CT molecular complexity index is 584. The number of hydrogen-bond acceptors (Lipinski definition) is 4. The van der Waals surface area contributed by atoms with E-state index in [0.717, 1.165) is 17.7 Å². The first-order valence-corrected chi connectivity index (χ1v) is 8.52. The molecule has 4 nitrogen and oxygen atoms in total. The van der Waals surface area contributed by atoms with Gasteiger partial charge in [-0.2, -0.15) is 5.10 Å². The van der Waals surface area contributed by atoms with Gasteiger partial charge in [-0.05, 0) is 32.8 Å². The van der Waals surface area contributed by atoms with Crippen molar-refractivity contribution in [2.45, 2.75) is 46.6 Å². The molecule has 0 bridgehead atoms. The van der Waals surface area contributed by atoms with Crippen LogP contribution < -0.4 is 5.32 Å². The van der Waals surface area contributed by atoms with Gasteiger partial charge < -0.3 is 5.32 Å². The molecule has 0 saturated heterocycles. The predicted molar refractivity (Wildman–Crippen MR) is 103 cm³/mol. The van der Waals surface area contributed by atoms with Crippen molar-refractivity contribution in [3.05, 3.63) is 47.7 Å². The highest BCUT2D eigenvalue weighted by atomic mass is 16.1. The highest BCUT2D eigenvalue weighted by Gasteiger charge is 2.42. The van der Waals surface area contributed by atoms with Crippen LogP contribution in [0, 0.1) is 5.92 Å². The van der Waals surface area contributed by atoms with Crippen molar-refractivity contribution in [3.8, 4) is 0 Å². The Morgan fingerprint density at radius 2 is 2.12 bits per heavy atom. The van der Waals surface area contributed by atoms with Crippen LogP contribution in [0.3, 0.4) is 0 Å². The summed E-state index contributed by atoms with van der Waals surface area (Å²) in [5.41, 5.74) is 2.39. The van der Waals surface area contributed by atoms with Gasteiger partial charge in [0.25, 0.3) is 0 Å². The first-order valence-electron chi connectivity index (χ1n) is 8.52. The molecular formula is C20H31N3O. The number of allylic oxidation sites excluding steroid dienone is 4. The second kappa shape index (κ2) is 8.67. The summed E-state index contributed by atoms with van der Waals surface area (Å²) >= 11 is 0. The van der Waals surface area contributed by atoms with Crippen LogP contribution in [0.5, 0.6) is 0 Å². The van der Waals surface area contributed by atoms with E-state index in [4.69, 9.17) is 0 Å². The monoisotopic (exact) mass is 329 g/mol. The summed E-state index contributed by atoms with van der Waals surface area (Å²) in [5.74, 6) is 0.238. The van der Waals surface area contributed by atoms with Crippen LogP contribution in [0.2, 0.25) is 0 Å². The lowest BCUT2D eigenvalue weighted by molar-refractivity contribution is -0.113. The lowest BCUT2D eigenvalue weighted by Gasteiger charge is -2.37. The van der Waals surface area contributed by atoms with E-state index in [1.54, 1.807) is 13.0 Å². The Balaban J connectivity index is 3.11. The van der Waals surface area contributed by atoms with Gasteiger partial charge in [0.05, 0.1) is 5.54 Å². The minimum absolute atomic E-state index is 0.0377. The summed E-state index contributed by atoms with van der Waals surface area (Å²) in [7, 11) is 1.94. The highest BCUT2D eigenvalue weighted by Crippen LogP contribution is 2.37. The zero-order valence-electron chi connectivity index (χ0n) is 15.9. The number of Topliss-reactive ketones (excluding diaryl/α,β-unsaturated/α-hetero) is 1. The zero-order valence-corrected chi connectivity index (χ0v) is 15.9. The van der Waals surface area contributed by atoms with Gasteiger partial charge in [-0.3, -0.25) is 9.80 Å². The summed E-state index contributed by atoms with van der Waals surface area (Å²) < 4.78 is 0. The van der Waals surface area contributed by atoms with E-state index in [-0.39, 0.29) is 17.2 Å². The van der Waals surface area contributed by atoms with E-state index in [0.29, 0.717) is 12.1 Å². The molecule has 2 unspecified atom stereocenters. The molecule has 1 aliphatic rings. The van der Waals surface area contributed by atoms with Crippen molar-refractivity contribution in [1.82, 2.24) is 10.3 Å². The molecule has 1 rings (SSSR count). The second-order valence-corrected chi connectivity index (χ2v) is 6.39. The Labute approximate surface area is 146 Å². The number of likely N-dealkylation sites (N-methyl/N-ethyl adjacent to an activating group) is 1. The number of carbonyl (C=O) groups is 1. The van der Waals surface area contributed by atoms with Crippen molar-refractivity contribution in [3.63, 3.8) is 0 Å². The fourth-order valence-corrected chi connectivity index (χ4v) is 2.94. The first kappa shape index (κ1) is 19.9. The van der Waals surface area contributed by atoms with Crippen molar-refractivity contribution < 1.29 is 4.79 Å². The maximum absolute atomic E-state index is 12.2. The molecule has 132 valence electrons. The zero-order chi connectivity index (χ0) is 18.3. The van der Waals surface area contributed by atoms with Crippen LogP contribution in [-0.2, 0) is 4.79 Å². The molecule has 24 heavy (non-hydrogen) atoms. The fourth-order valence-electron chi connectivity index (χ4n) is 2.94. The summed E-state index contributed by atoms with van der Waals surface area (Å²) in [5, 5.41) is 9.62. The van der Waals surface area contributed by atoms with E-state index in [1.165, 1.54) is 0 Å². The maximum atomic E-state index is 12.2. The van der Waals surface area contributed by atoms with E-state index < -0.39 is 0 Å². The Kier molecular flexibility index (Phi) is 7.20. The smallest absolute Gasteiger partial charge is 0.160 e. The lowest BCUT2D eigenvalue weighted by Crippen LogP contribution is -2.44. The van der Waals surface area contributed by atoms with Crippen LogP contribution in [-0.4, -0.2) is 36.1 Å². The topological polar surface area (TPSA) is 44.7 Å². The molecule has 0 saturated carbocycles. The highest BCUT2D eigenvalue weighted by molar-refractivity contribution is 5.98.